The van der Waals surface area contributed by atoms with Crippen molar-refractivity contribution >= 4 is 17.5 Å². The number of rotatable bonds is 4. The normalized spacial score (nSPS) is 10.2. The molecule has 2 aromatic rings. The Bertz CT molecular complexity index is 651. The second-order valence-electron chi connectivity index (χ2n) is 3.96. The van der Waals surface area contributed by atoms with Crippen molar-refractivity contribution in [1.29, 1.82) is 0 Å². The standard InChI is InChI=1S/C12H13N5O2/c1-17-11(18)9(16-19)10(13)15-12(17)14-7-8-5-3-2-4-6-8/h2-6H,7,13H2,1H3,(H,14,15). The van der Waals surface area contributed by atoms with E-state index in [1.54, 1.807) is 0 Å². The summed E-state index contributed by atoms with van der Waals surface area (Å²) in [5.41, 5.74) is 5.61. The number of nitrogens with one attached hydrogen (secondary N) is 1. The molecule has 0 aliphatic rings. The molecule has 98 valence electrons. The van der Waals surface area contributed by atoms with Crippen molar-refractivity contribution in [1.82, 2.24) is 9.55 Å². The molecule has 1 heterocycles. The van der Waals surface area contributed by atoms with Gasteiger partial charge in [0, 0.05) is 13.6 Å². The van der Waals surface area contributed by atoms with Gasteiger partial charge in [-0.2, -0.15) is 4.98 Å². The van der Waals surface area contributed by atoms with E-state index in [-0.39, 0.29) is 11.5 Å². The number of nitroso groups, excluding NO2 is 1. The van der Waals surface area contributed by atoms with Crippen LogP contribution in [0.1, 0.15) is 5.56 Å². The minimum Gasteiger partial charge on any atom is -0.382 e. The molecule has 0 aliphatic heterocycles. The summed E-state index contributed by atoms with van der Waals surface area (Å²) in [6, 6.07) is 9.63. The van der Waals surface area contributed by atoms with Gasteiger partial charge in [-0.05, 0) is 10.7 Å². The number of nitrogens with two attached hydrogens (primary N) is 1. The van der Waals surface area contributed by atoms with Crippen LogP contribution in [0.2, 0.25) is 0 Å². The highest BCUT2D eigenvalue weighted by Crippen LogP contribution is 2.16. The lowest BCUT2D eigenvalue weighted by molar-refractivity contribution is 0.824. The zero-order valence-corrected chi connectivity index (χ0v) is 10.3. The summed E-state index contributed by atoms with van der Waals surface area (Å²) in [5, 5.41) is 5.58. The van der Waals surface area contributed by atoms with Crippen LogP contribution in [0.5, 0.6) is 0 Å². The first-order chi connectivity index (χ1) is 9.13. The molecule has 19 heavy (non-hydrogen) atoms. The van der Waals surface area contributed by atoms with Gasteiger partial charge in [-0.15, -0.1) is 4.91 Å². The van der Waals surface area contributed by atoms with Crippen LogP contribution in [0.15, 0.2) is 40.3 Å². The molecule has 7 heteroatoms. The molecular formula is C12H13N5O2. The minimum atomic E-state index is -0.571. The third-order valence-electron chi connectivity index (χ3n) is 2.68. The SMILES string of the molecule is Cn1c(NCc2ccccc2)nc(N)c(N=O)c1=O. The molecule has 3 N–H and O–H groups in total. The van der Waals surface area contributed by atoms with Crippen molar-refractivity contribution in [2.75, 3.05) is 11.1 Å². The lowest BCUT2D eigenvalue weighted by atomic mass is 10.2. The van der Waals surface area contributed by atoms with E-state index in [9.17, 15) is 9.70 Å². The van der Waals surface area contributed by atoms with Crippen LogP contribution in [-0.2, 0) is 13.6 Å². The molecule has 0 bridgehead atoms. The molecule has 0 atom stereocenters. The highest BCUT2D eigenvalue weighted by Gasteiger charge is 2.12. The molecule has 0 spiro atoms. The lowest BCUT2D eigenvalue weighted by Crippen LogP contribution is -2.23. The Morgan fingerprint density at radius 1 is 1.37 bits per heavy atom. The van der Waals surface area contributed by atoms with Crippen molar-refractivity contribution in [2.45, 2.75) is 6.54 Å². The third-order valence-corrected chi connectivity index (χ3v) is 2.68. The molecule has 0 aliphatic carbocycles. The molecule has 2 rings (SSSR count). The van der Waals surface area contributed by atoms with E-state index in [4.69, 9.17) is 5.73 Å². The number of anilines is 2. The van der Waals surface area contributed by atoms with E-state index in [2.05, 4.69) is 15.5 Å². The molecule has 7 nitrogen and oxygen atoms in total. The van der Waals surface area contributed by atoms with Crippen LogP contribution in [0.4, 0.5) is 17.5 Å². The Kier molecular flexibility index (Phi) is 3.56. The maximum atomic E-state index is 11.8. The van der Waals surface area contributed by atoms with Crippen LogP contribution < -0.4 is 16.6 Å². The minimum absolute atomic E-state index is 0.173. The molecular weight excluding hydrogens is 246 g/mol. The second kappa shape index (κ2) is 5.30. The number of nitrogen functional groups attached to an aromatic ring is 1. The van der Waals surface area contributed by atoms with E-state index in [1.165, 1.54) is 11.6 Å². The largest absolute Gasteiger partial charge is 0.382 e. The van der Waals surface area contributed by atoms with E-state index >= 15 is 0 Å². The van der Waals surface area contributed by atoms with Crippen LogP contribution in [0, 0.1) is 4.91 Å². The van der Waals surface area contributed by atoms with Gasteiger partial charge in [-0.25, -0.2) is 0 Å². The van der Waals surface area contributed by atoms with Gasteiger partial charge in [-0.1, -0.05) is 30.3 Å². The van der Waals surface area contributed by atoms with Crippen LogP contribution in [0.3, 0.4) is 0 Å². The lowest BCUT2D eigenvalue weighted by Gasteiger charge is -2.11. The first kappa shape index (κ1) is 12.7. The van der Waals surface area contributed by atoms with Crippen LogP contribution in [0.25, 0.3) is 0 Å². The topological polar surface area (TPSA) is 102 Å². The summed E-state index contributed by atoms with van der Waals surface area (Å²) < 4.78 is 1.20. The fourth-order valence-corrected chi connectivity index (χ4v) is 1.63. The summed E-state index contributed by atoms with van der Waals surface area (Å²) in [6.45, 7) is 0.494. The maximum Gasteiger partial charge on any atom is 0.286 e. The number of hydrogen-bond donors (Lipinski definition) is 2. The summed E-state index contributed by atoms with van der Waals surface area (Å²) >= 11 is 0. The molecule has 0 radical (unpaired) electrons. The van der Waals surface area contributed by atoms with Gasteiger partial charge in [0.2, 0.25) is 11.6 Å². The van der Waals surface area contributed by atoms with Crippen molar-refractivity contribution in [2.24, 2.45) is 12.2 Å². The molecule has 0 saturated carbocycles. The maximum absolute atomic E-state index is 11.8. The Hall–Kier alpha value is -2.70. The first-order valence-electron chi connectivity index (χ1n) is 5.61. The summed E-state index contributed by atoms with van der Waals surface area (Å²) in [6.07, 6.45) is 0. The van der Waals surface area contributed by atoms with Gasteiger partial charge in [0.1, 0.15) is 0 Å². The second-order valence-corrected chi connectivity index (χ2v) is 3.96. The average Bonchev–Trinajstić information content (AvgIpc) is 2.43. The molecule has 1 aromatic heterocycles. The highest BCUT2D eigenvalue weighted by molar-refractivity contribution is 5.58. The first-order valence-corrected chi connectivity index (χ1v) is 5.61. The molecule has 0 unspecified atom stereocenters. The van der Waals surface area contributed by atoms with Crippen molar-refractivity contribution in [3.63, 3.8) is 0 Å². The van der Waals surface area contributed by atoms with Gasteiger partial charge in [0.25, 0.3) is 5.56 Å². The zero-order valence-electron chi connectivity index (χ0n) is 10.3. The number of nitrogens with zero attached hydrogens (tertiary/aromatic N) is 3. The molecule has 0 fully saturated rings. The van der Waals surface area contributed by atoms with E-state index in [1.807, 2.05) is 30.3 Å². The highest BCUT2D eigenvalue weighted by atomic mass is 16.3. The molecule has 1 aromatic carbocycles. The predicted molar refractivity (Wildman–Crippen MR) is 73.1 cm³/mol. The number of benzene rings is 1. The van der Waals surface area contributed by atoms with Crippen molar-refractivity contribution in [3.8, 4) is 0 Å². The van der Waals surface area contributed by atoms with Gasteiger partial charge in [-0.3, -0.25) is 9.36 Å². The van der Waals surface area contributed by atoms with E-state index < -0.39 is 5.56 Å². The smallest absolute Gasteiger partial charge is 0.286 e. The van der Waals surface area contributed by atoms with Crippen molar-refractivity contribution in [3.05, 3.63) is 51.2 Å². The quantitative estimate of drug-likeness (QED) is 0.807. The Morgan fingerprint density at radius 2 is 2.05 bits per heavy atom. The van der Waals surface area contributed by atoms with Gasteiger partial charge < -0.3 is 11.1 Å². The fraction of sp³-hybridized carbons (Fsp3) is 0.167. The Labute approximate surface area is 109 Å². The number of aromatic nitrogens is 2. The van der Waals surface area contributed by atoms with Crippen LogP contribution >= 0.6 is 0 Å². The third kappa shape index (κ3) is 2.59. The fourth-order valence-electron chi connectivity index (χ4n) is 1.63. The van der Waals surface area contributed by atoms with Gasteiger partial charge >= 0.3 is 0 Å². The Morgan fingerprint density at radius 3 is 2.68 bits per heavy atom. The summed E-state index contributed by atoms with van der Waals surface area (Å²) in [4.78, 5) is 26.2. The molecule has 0 amide bonds. The van der Waals surface area contributed by atoms with Gasteiger partial charge in [0.15, 0.2) is 5.82 Å². The predicted octanol–water partition coefficient (Wildman–Crippen LogP) is 1.37. The summed E-state index contributed by atoms with van der Waals surface area (Å²) in [5.74, 6) is 0.118. The number of hydrogen-bond acceptors (Lipinski definition) is 6. The van der Waals surface area contributed by atoms with Crippen molar-refractivity contribution < 1.29 is 0 Å². The Balaban J connectivity index is 2.27. The van der Waals surface area contributed by atoms with E-state index in [0.717, 1.165) is 5.56 Å². The van der Waals surface area contributed by atoms with E-state index in [0.29, 0.717) is 12.5 Å². The molecule has 0 saturated heterocycles. The summed E-state index contributed by atoms with van der Waals surface area (Å²) in [7, 11) is 1.50. The average molecular weight is 259 g/mol. The monoisotopic (exact) mass is 259 g/mol. The zero-order chi connectivity index (χ0) is 13.8. The van der Waals surface area contributed by atoms with Gasteiger partial charge in [0.05, 0.1) is 0 Å². The van der Waals surface area contributed by atoms with Crippen LogP contribution in [-0.4, -0.2) is 9.55 Å².